The van der Waals surface area contributed by atoms with Crippen molar-refractivity contribution in [3.63, 3.8) is 0 Å². The molecule has 0 bridgehead atoms. The van der Waals surface area contributed by atoms with Gasteiger partial charge in [-0.25, -0.2) is 0 Å². The Morgan fingerprint density at radius 2 is 2.10 bits per heavy atom. The molecule has 0 radical (unpaired) electrons. The summed E-state index contributed by atoms with van der Waals surface area (Å²) >= 11 is 0. The average molecular weight is 294 g/mol. The van der Waals surface area contributed by atoms with E-state index in [1.165, 1.54) is 11.1 Å². The van der Waals surface area contributed by atoms with Gasteiger partial charge in [-0.2, -0.15) is 0 Å². The van der Waals surface area contributed by atoms with Crippen LogP contribution in [0.5, 0.6) is 5.75 Å². The molecule has 1 N–H and O–H groups in total. The molecule has 2 rings (SSSR count). The zero-order chi connectivity index (χ0) is 13.7. The van der Waals surface area contributed by atoms with Crippen LogP contribution in [0, 0.1) is 5.92 Å². The third-order valence-corrected chi connectivity index (χ3v) is 3.92. The molecular formula is C17H24ClNO. The lowest BCUT2D eigenvalue weighted by atomic mass is 9.78. The average Bonchev–Trinajstić information content (AvgIpc) is 2.44. The standard InChI is InChI=1S/C17H23NO.ClH/c1-4-7-14-11-13-8-6-9-17(19-3)15(13)12-16(14)18-10-5-2;/h4-6,8-9,14,16,18H,1-2,7,10-12H2,3H3;1H/t14-,16+;/m0./s1. The third kappa shape index (κ3) is 3.65. The Morgan fingerprint density at radius 3 is 2.75 bits per heavy atom. The first-order valence-corrected chi connectivity index (χ1v) is 6.90. The number of nitrogens with one attached hydrogen (secondary N) is 1. The molecule has 1 aromatic rings. The molecule has 0 heterocycles. The van der Waals surface area contributed by atoms with Gasteiger partial charge in [-0.1, -0.05) is 24.3 Å². The number of halogens is 1. The lowest BCUT2D eigenvalue weighted by Gasteiger charge is -2.34. The third-order valence-electron chi connectivity index (χ3n) is 3.92. The number of benzene rings is 1. The van der Waals surface area contributed by atoms with E-state index in [2.05, 4.69) is 36.7 Å². The van der Waals surface area contributed by atoms with E-state index >= 15 is 0 Å². The Bertz CT molecular complexity index is 458. The molecule has 0 aromatic heterocycles. The largest absolute Gasteiger partial charge is 0.496 e. The van der Waals surface area contributed by atoms with E-state index in [0.29, 0.717) is 12.0 Å². The summed E-state index contributed by atoms with van der Waals surface area (Å²) in [4.78, 5) is 0. The van der Waals surface area contributed by atoms with Crippen LogP contribution in [-0.2, 0) is 12.8 Å². The molecule has 0 saturated heterocycles. The van der Waals surface area contributed by atoms with Crippen molar-refractivity contribution in [2.75, 3.05) is 13.7 Å². The summed E-state index contributed by atoms with van der Waals surface area (Å²) in [6, 6.07) is 6.83. The van der Waals surface area contributed by atoms with Crippen molar-refractivity contribution in [1.29, 1.82) is 0 Å². The minimum Gasteiger partial charge on any atom is -0.496 e. The Morgan fingerprint density at radius 1 is 1.30 bits per heavy atom. The van der Waals surface area contributed by atoms with Crippen molar-refractivity contribution in [1.82, 2.24) is 5.32 Å². The summed E-state index contributed by atoms with van der Waals surface area (Å²) < 4.78 is 5.49. The van der Waals surface area contributed by atoms with E-state index in [1.54, 1.807) is 7.11 Å². The van der Waals surface area contributed by atoms with Crippen LogP contribution < -0.4 is 10.1 Å². The highest BCUT2D eigenvalue weighted by molar-refractivity contribution is 5.85. The number of fused-ring (bicyclic) bond motifs is 1. The highest BCUT2D eigenvalue weighted by Crippen LogP contribution is 2.33. The normalized spacial score (nSPS) is 20.4. The zero-order valence-electron chi connectivity index (χ0n) is 12.1. The van der Waals surface area contributed by atoms with Gasteiger partial charge in [-0.3, -0.25) is 0 Å². The molecule has 20 heavy (non-hydrogen) atoms. The predicted molar refractivity (Wildman–Crippen MR) is 87.9 cm³/mol. The fourth-order valence-corrected chi connectivity index (χ4v) is 2.97. The maximum absolute atomic E-state index is 5.49. The topological polar surface area (TPSA) is 21.3 Å². The van der Waals surface area contributed by atoms with Gasteiger partial charge in [0.05, 0.1) is 7.11 Å². The van der Waals surface area contributed by atoms with Gasteiger partial charge >= 0.3 is 0 Å². The van der Waals surface area contributed by atoms with Crippen molar-refractivity contribution in [2.24, 2.45) is 5.92 Å². The van der Waals surface area contributed by atoms with E-state index in [1.807, 2.05) is 12.2 Å². The second-order valence-electron chi connectivity index (χ2n) is 5.09. The van der Waals surface area contributed by atoms with Crippen LogP contribution in [0.1, 0.15) is 17.5 Å². The van der Waals surface area contributed by atoms with E-state index < -0.39 is 0 Å². The van der Waals surface area contributed by atoms with Crippen LogP contribution in [-0.4, -0.2) is 19.7 Å². The highest BCUT2D eigenvalue weighted by atomic mass is 35.5. The number of methoxy groups -OCH3 is 1. The van der Waals surface area contributed by atoms with Gasteiger partial charge in [-0.15, -0.1) is 25.6 Å². The van der Waals surface area contributed by atoms with Crippen LogP contribution in [0.2, 0.25) is 0 Å². The van der Waals surface area contributed by atoms with Crippen LogP contribution in [0.15, 0.2) is 43.5 Å². The van der Waals surface area contributed by atoms with Crippen LogP contribution in [0.25, 0.3) is 0 Å². The smallest absolute Gasteiger partial charge is 0.122 e. The van der Waals surface area contributed by atoms with Crippen molar-refractivity contribution >= 4 is 12.4 Å². The van der Waals surface area contributed by atoms with E-state index in [-0.39, 0.29) is 12.4 Å². The lowest BCUT2D eigenvalue weighted by molar-refractivity contribution is 0.331. The number of allylic oxidation sites excluding steroid dienone is 1. The molecule has 0 spiro atoms. The summed E-state index contributed by atoms with van der Waals surface area (Å²) in [7, 11) is 1.75. The minimum absolute atomic E-state index is 0. The molecule has 0 aliphatic heterocycles. The maximum atomic E-state index is 5.49. The summed E-state index contributed by atoms with van der Waals surface area (Å²) in [6.07, 6.45) is 7.10. The summed E-state index contributed by atoms with van der Waals surface area (Å²) in [6.45, 7) is 8.52. The summed E-state index contributed by atoms with van der Waals surface area (Å²) in [5, 5.41) is 3.58. The molecule has 0 unspecified atom stereocenters. The fourth-order valence-electron chi connectivity index (χ4n) is 2.97. The van der Waals surface area contributed by atoms with Crippen molar-refractivity contribution in [2.45, 2.75) is 25.3 Å². The number of hydrogen-bond donors (Lipinski definition) is 1. The molecule has 1 aliphatic carbocycles. The molecule has 2 nitrogen and oxygen atoms in total. The fraction of sp³-hybridized carbons (Fsp3) is 0.412. The first-order valence-electron chi connectivity index (χ1n) is 6.90. The number of rotatable bonds is 6. The molecule has 0 fully saturated rings. The second kappa shape index (κ2) is 8.13. The van der Waals surface area contributed by atoms with Crippen molar-refractivity contribution < 1.29 is 4.74 Å². The van der Waals surface area contributed by atoms with Crippen LogP contribution in [0.4, 0.5) is 0 Å². The SMILES string of the molecule is C=CCN[C@@H]1Cc2c(cccc2OC)C[C@@H]1CC=C.Cl. The predicted octanol–water partition coefficient (Wildman–Crippen LogP) is 3.55. The Balaban J connectivity index is 0.00000200. The van der Waals surface area contributed by atoms with Gasteiger partial charge in [0.25, 0.3) is 0 Å². The first-order chi connectivity index (χ1) is 9.30. The van der Waals surface area contributed by atoms with Gasteiger partial charge in [-0.05, 0) is 42.4 Å². The second-order valence-corrected chi connectivity index (χ2v) is 5.09. The highest BCUT2D eigenvalue weighted by Gasteiger charge is 2.28. The summed E-state index contributed by atoms with van der Waals surface area (Å²) in [5.74, 6) is 1.62. The number of ether oxygens (including phenoxy) is 1. The van der Waals surface area contributed by atoms with Gasteiger partial charge in [0.1, 0.15) is 5.75 Å². The molecular weight excluding hydrogens is 270 g/mol. The van der Waals surface area contributed by atoms with Crippen LogP contribution in [0.3, 0.4) is 0 Å². The Kier molecular flexibility index (Phi) is 6.83. The lowest BCUT2D eigenvalue weighted by Crippen LogP contribution is -2.42. The molecule has 1 aliphatic rings. The quantitative estimate of drug-likeness (QED) is 0.810. The molecule has 0 amide bonds. The molecule has 3 heteroatoms. The molecule has 1 aromatic carbocycles. The summed E-state index contributed by atoms with van der Waals surface area (Å²) in [5.41, 5.74) is 2.77. The zero-order valence-corrected chi connectivity index (χ0v) is 12.9. The van der Waals surface area contributed by atoms with Crippen molar-refractivity contribution in [3.05, 3.63) is 54.6 Å². The monoisotopic (exact) mass is 293 g/mol. The van der Waals surface area contributed by atoms with E-state index in [0.717, 1.165) is 31.6 Å². The van der Waals surface area contributed by atoms with Crippen molar-refractivity contribution in [3.8, 4) is 5.75 Å². The van der Waals surface area contributed by atoms with Gasteiger partial charge in [0, 0.05) is 12.6 Å². The molecule has 0 saturated carbocycles. The number of hydrogen-bond acceptors (Lipinski definition) is 2. The van der Waals surface area contributed by atoms with E-state index in [4.69, 9.17) is 4.74 Å². The first kappa shape index (κ1) is 16.8. The Labute approximate surface area is 128 Å². The Hall–Kier alpha value is -1.25. The van der Waals surface area contributed by atoms with Crippen LogP contribution >= 0.6 is 12.4 Å². The van der Waals surface area contributed by atoms with Gasteiger partial charge < -0.3 is 10.1 Å². The minimum atomic E-state index is 0. The molecule has 2 atom stereocenters. The van der Waals surface area contributed by atoms with Gasteiger partial charge in [0.15, 0.2) is 0 Å². The molecule has 110 valence electrons. The maximum Gasteiger partial charge on any atom is 0.122 e. The van der Waals surface area contributed by atoms with E-state index in [9.17, 15) is 0 Å². The van der Waals surface area contributed by atoms with Gasteiger partial charge in [0.2, 0.25) is 0 Å².